The highest BCUT2D eigenvalue weighted by Crippen LogP contribution is 2.37. The second kappa shape index (κ2) is 9.28. The summed E-state index contributed by atoms with van der Waals surface area (Å²) in [6.45, 7) is 0.671. The van der Waals surface area contributed by atoms with Crippen molar-refractivity contribution in [3.05, 3.63) is 66.2 Å². The molecule has 1 saturated carbocycles. The fourth-order valence-electron chi connectivity index (χ4n) is 3.79. The lowest BCUT2D eigenvalue weighted by Gasteiger charge is -2.27. The summed E-state index contributed by atoms with van der Waals surface area (Å²) >= 11 is 0. The van der Waals surface area contributed by atoms with Crippen molar-refractivity contribution in [1.82, 2.24) is 0 Å². The van der Waals surface area contributed by atoms with Crippen LogP contribution in [0.4, 0.5) is 13.2 Å². The molecule has 28 heavy (non-hydrogen) atoms. The lowest BCUT2D eigenvalue weighted by Crippen LogP contribution is -2.16. The van der Waals surface area contributed by atoms with Crippen LogP contribution in [-0.2, 0) is 4.74 Å². The highest BCUT2D eigenvalue weighted by atomic mass is 19.4. The molecule has 0 amide bonds. The quantitative estimate of drug-likeness (QED) is 0.509. The fourth-order valence-corrected chi connectivity index (χ4v) is 3.79. The summed E-state index contributed by atoms with van der Waals surface area (Å²) in [4.78, 5) is 0. The first-order chi connectivity index (χ1) is 13.4. The van der Waals surface area contributed by atoms with Crippen molar-refractivity contribution < 1.29 is 22.6 Å². The third-order valence-electron chi connectivity index (χ3n) is 5.25. The molecule has 0 bridgehead atoms. The third kappa shape index (κ3) is 5.86. The molecule has 0 aliphatic heterocycles. The number of hydrogen-bond donors (Lipinski definition) is 0. The molecule has 0 spiro atoms. The minimum atomic E-state index is -4.66. The third-order valence-corrected chi connectivity index (χ3v) is 5.25. The van der Waals surface area contributed by atoms with E-state index in [1.807, 2.05) is 12.1 Å². The van der Waals surface area contributed by atoms with E-state index in [4.69, 9.17) is 4.74 Å². The molecule has 5 heteroatoms. The van der Waals surface area contributed by atoms with Gasteiger partial charge in [0.1, 0.15) is 5.75 Å². The molecule has 0 aromatic heterocycles. The molecule has 0 saturated heterocycles. The topological polar surface area (TPSA) is 18.5 Å². The van der Waals surface area contributed by atoms with Crippen LogP contribution >= 0.6 is 0 Å². The first-order valence-corrected chi connectivity index (χ1v) is 9.56. The van der Waals surface area contributed by atoms with E-state index >= 15 is 0 Å². The predicted molar refractivity (Wildman–Crippen MR) is 104 cm³/mol. The molecule has 0 heterocycles. The molecule has 2 aromatic rings. The number of allylic oxidation sites excluding steroid dienone is 1. The molecule has 150 valence electrons. The van der Waals surface area contributed by atoms with Crippen LogP contribution in [0.2, 0.25) is 0 Å². The highest BCUT2D eigenvalue weighted by Gasteiger charge is 2.31. The van der Waals surface area contributed by atoms with E-state index in [1.165, 1.54) is 43.4 Å². The number of benzene rings is 2. The second-order valence-electron chi connectivity index (χ2n) is 7.19. The summed E-state index contributed by atoms with van der Waals surface area (Å²) in [6, 6.07) is 14.3. The van der Waals surface area contributed by atoms with Crippen LogP contribution in [0, 0.1) is 5.92 Å². The van der Waals surface area contributed by atoms with Crippen molar-refractivity contribution in [3.8, 4) is 16.9 Å². The van der Waals surface area contributed by atoms with Crippen LogP contribution in [-0.4, -0.2) is 20.1 Å². The van der Waals surface area contributed by atoms with Gasteiger partial charge in [-0.05, 0) is 66.3 Å². The maximum Gasteiger partial charge on any atom is 0.573 e. The molecule has 1 aliphatic rings. The van der Waals surface area contributed by atoms with Crippen LogP contribution in [0.25, 0.3) is 11.1 Å². The largest absolute Gasteiger partial charge is 0.573 e. The van der Waals surface area contributed by atoms with Crippen LogP contribution in [0.3, 0.4) is 0 Å². The molecular weight excluding hydrogens is 365 g/mol. The van der Waals surface area contributed by atoms with Gasteiger partial charge in [0, 0.05) is 7.11 Å². The van der Waals surface area contributed by atoms with E-state index in [2.05, 4.69) is 29.0 Å². The van der Waals surface area contributed by atoms with Crippen molar-refractivity contribution >= 4 is 0 Å². The summed E-state index contributed by atoms with van der Waals surface area (Å²) in [5.41, 5.74) is 3.19. The highest BCUT2D eigenvalue weighted by molar-refractivity contribution is 5.64. The summed E-state index contributed by atoms with van der Waals surface area (Å²) in [6.07, 6.45) is 4.43. The summed E-state index contributed by atoms with van der Waals surface area (Å²) in [5.74, 6) is 1.01. The molecule has 2 nitrogen and oxygen atoms in total. The number of ether oxygens (including phenoxy) is 2. The van der Waals surface area contributed by atoms with E-state index in [0.29, 0.717) is 18.4 Å². The monoisotopic (exact) mass is 390 g/mol. The maximum absolute atomic E-state index is 12.3. The average molecular weight is 390 g/mol. The summed E-state index contributed by atoms with van der Waals surface area (Å²) in [5, 5.41) is 0. The van der Waals surface area contributed by atoms with E-state index in [1.54, 1.807) is 19.2 Å². The first kappa shape index (κ1) is 20.5. The molecule has 0 atom stereocenters. The Morgan fingerprint density at radius 2 is 1.46 bits per heavy atom. The summed E-state index contributed by atoms with van der Waals surface area (Å²) in [7, 11) is 1.70. The van der Waals surface area contributed by atoms with Crippen molar-refractivity contribution in [2.75, 3.05) is 13.7 Å². The van der Waals surface area contributed by atoms with Gasteiger partial charge in [-0.1, -0.05) is 48.6 Å². The van der Waals surface area contributed by atoms with Gasteiger partial charge in [-0.3, -0.25) is 0 Å². The average Bonchev–Trinajstić information content (AvgIpc) is 2.68. The van der Waals surface area contributed by atoms with Crippen LogP contribution in [0.1, 0.15) is 37.2 Å². The SMILES string of the molecule is COC/C=C/C1CCC(c2ccc(-c3ccc(OC(F)(F)F)cc3)cc2)CC1. The van der Waals surface area contributed by atoms with Crippen LogP contribution in [0.5, 0.6) is 5.75 Å². The first-order valence-electron chi connectivity index (χ1n) is 9.56. The Hall–Kier alpha value is -2.27. The molecule has 0 N–H and O–H groups in total. The Kier molecular flexibility index (Phi) is 6.79. The van der Waals surface area contributed by atoms with Gasteiger partial charge in [0.2, 0.25) is 0 Å². The van der Waals surface area contributed by atoms with E-state index < -0.39 is 6.36 Å². The number of methoxy groups -OCH3 is 1. The number of alkyl halides is 3. The molecule has 0 radical (unpaired) electrons. The van der Waals surface area contributed by atoms with Gasteiger partial charge in [0.15, 0.2) is 0 Å². The minimum Gasteiger partial charge on any atom is -0.406 e. The van der Waals surface area contributed by atoms with Crippen molar-refractivity contribution in [2.24, 2.45) is 5.92 Å². The zero-order valence-electron chi connectivity index (χ0n) is 15.9. The Morgan fingerprint density at radius 1 is 0.893 bits per heavy atom. The molecule has 0 unspecified atom stereocenters. The Balaban J connectivity index is 1.58. The molecule has 2 aromatic carbocycles. The van der Waals surface area contributed by atoms with E-state index in [9.17, 15) is 13.2 Å². The van der Waals surface area contributed by atoms with Gasteiger partial charge >= 0.3 is 6.36 Å². The Morgan fingerprint density at radius 3 is 2.00 bits per heavy atom. The molecular formula is C23H25F3O2. The number of rotatable bonds is 6. The fraction of sp³-hybridized carbons (Fsp3) is 0.391. The molecule has 3 rings (SSSR count). The molecule has 1 fully saturated rings. The van der Waals surface area contributed by atoms with E-state index in [-0.39, 0.29) is 5.75 Å². The smallest absolute Gasteiger partial charge is 0.406 e. The van der Waals surface area contributed by atoms with Gasteiger partial charge in [-0.2, -0.15) is 0 Å². The predicted octanol–water partition coefficient (Wildman–Crippen LogP) is 6.73. The number of hydrogen-bond acceptors (Lipinski definition) is 2. The van der Waals surface area contributed by atoms with Crippen molar-refractivity contribution in [3.63, 3.8) is 0 Å². The Bertz CT molecular complexity index is 756. The van der Waals surface area contributed by atoms with Gasteiger partial charge < -0.3 is 9.47 Å². The van der Waals surface area contributed by atoms with Gasteiger partial charge in [-0.25, -0.2) is 0 Å². The van der Waals surface area contributed by atoms with Gasteiger partial charge in [-0.15, -0.1) is 13.2 Å². The number of halogens is 3. The second-order valence-corrected chi connectivity index (χ2v) is 7.19. The lowest BCUT2D eigenvalue weighted by molar-refractivity contribution is -0.274. The van der Waals surface area contributed by atoms with Crippen LogP contribution in [0.15, 0.2) is 60.7 Å². The summed E-state index contributed by atoms with van der Waals surface area (Å²) < 4.78 is 45.7. The lowest BCUT2D eigenvalue weighted by atomic mass is 9.78. The zero-order valence-corrected chi connectivity index (χ0v) is 15.9. The van der Waals surface area contributed by atoms with E-state index in [0.717, 1.165) is 11.1 Å². The minimum absolute atomic E-state index is 0.204. The van der Waals surface area contributed by atoms with Gasteiger partial charge in [0.25, 0.3) is 0 Å². The normalized spacial score (nSPS) is 20.4. The maximum atomic E-state index is 12.3. The Labute approximate surface area is 164 Å². The zero-order chi connectivity index (χ0) is 20.0. The van der Waals surface area contributed by atoms with Crippen LogP contribution < -0.4 is 4.74 Å². The van der Waals surface area contributed by atoms with Crippen molar-refractivity contribution in [1.29, 1.82) is 0 Å². The van der Waals surface area contributed by atoms with Crippen molar-refractivity contribution in [2.45, 2.75) is 38.0 Å². The standard InChI is InChI=1S/C23H25F3O2/c1-27-16-2-3-17-4-6-18(7-5-17)19-8-10-20(11-9-19)21-12-14-22(15-13-21)28-23(24,25)26/h2-3,8-15,17-18H,4-7,16H2,1H3/b3-2+. The van der Waals surface area contributed by atoms with Gasteiger partial charge in [0.05, 0.1) is 6.61 Å². The molecule has 1 aliphatic carbocycles.